The van der Waals surface area contributed by atoms with Gasteiger partial charge < -0.3 is 15.1 Å². The van der Waals surface area contributed by atoms with Crippen LogP contribution >= 0.6 is 0 Å². The van der Waals surface area contributed by atoms with Crippen LogP contribution in [0.5, 0.6) is 0 Å². The van der Waals surface area contributed by atoms with Crippen molar-refractivity contribution in [1.29, 1.82) is 0 Å². The minimum Gasteiger partial charge on any atom is -0.368 e. The molecule has 0 radical (unpaired) electrons. The van der Waals surface area contributed by atoms with Gasteiger partial charge in [-0.05, 0) is 60.0 Å². The Hall–Kier alpha value is -1.62. The Labute approximate surface area is 128 Å². The molecule has 0 bridgehead atoms. The average Bonchev–Trinajstić information content (AvgIpc) is 2.42. The minimum absolute atomic E-state index is 0.00339. The maximum Gasteiger partial charge on any atom is 0.272 e. The van der Waals surface area contributed by atoms with Crippen LogP contribution in [0.4, 0.5) is 5.82 Å². The highest BCUT2D eigenvalue weighted by Gasteiger charge is 2.15. The third-order valence-corrected chi connectivity index (χ3v) is 3.11. The molecule has 0 atom stereocenters. The van der Waals surface area contributed by atoms with Crippen LogP contribution in [0.3, 0.4) is 0 Å². The maximum atomic E-state index is 12.5. The van der Waals surface area contributed by atoms with Gasteiger partial charge in [0.1, 0.15) is 11.5 Å². The fourth-order valence-electron chi connectivity index (χ4n) is 2.07. The highest BCUT2D eigenvalue weighted by molar-refractivity contribution is 5.92. The molecule has 0 aromatic carbocycles. The van der Waals surface area contributed by atoms with E-state index in [2.05, 4.69) is 29.0 Å². The zero-order chi connectivity index (χ0) is 15.8. The van der Waals surface area contributed by atoms with Crippen molar-refractivity contribution in [3.63, 3.8) is 0 Å². The van der Waals surface area contributed by atoms with E-state index in [4.69, 9.17) is 0 Å². The van der Waals surface area contributed by atoms with Gasteiger partial charge in [0.15, 0.2) is 0 Å². The minimum atomic E-state index is 0.00339. The van der Waals surface area contributed by atoms with Gasteiger partial charge in [-0.15, -0.1) is 0 Å². The van der Waals surface area contributed by atoms with E-state index in [1.807, 2.05) is 38.1 Å². The third kappa shape index (κ3) is 6.12. The molecular formula is C16H28N4O. The maximum absolute atomic E-state index is 12.5. The normalized spacial score (nSPS) is 11.0. The molecule has 0 aliphatic rings. The van der Waals surface area contributed by atoms with E-state index < -0.39 is 0 Å². The first-order valence-electron chi connectivity index (χ1n) is 7.61. The van der Waals surface area contributed by atoms with Gasteiger partial charge in [0.2, 0.25) is 0 Å². The summed E-state index contributed by atoms with van der Waals surface area (Å²) in [5.41, 5.74) is 0.507. The van der Waals surface area contributed by atoms with E-state index in [0.717, 1.165) is 25.3 Å². The molecule has 1 rings (SSSR count). The molecule has 5 heteroatoms. The molecular weight excluding hydrogens is 264 g/mol. The zero-order valence-corrected chi connectivity index (χ0v) is 13.9. The SMILES string of the molecule is CCN(CCCN(C)C)C(=O)c1cccc(NC(C)C)n1. The van der Waals surface area contributed by atoms with Crippen LogP contribution in [0.25, 0.3) is 0 Å². The molecule has 0 saturated carbocycles. The van der Waals surface area contributed by atoms with Crippen molar-refractivity contribution >= 4 is 11.7 Å². The van der Waals surface area contributed by atoms with E-state index in [1.54, 1.807) is 6.07 Å². The number of nitrogens with one attached hydrogen (secondary N) is 1. The second-order valence-electron chi connectivity index (χ2n) is 5.75. The number of rotatable bonds is 8. The molecule has 0 saturated heterocycles. The first kappa shape index (κ1) is 17.4. The summed E-state index contributed by atoms with van der Waals surface area (Å²) in [7, 11) is 4.08. The zero-order valence-electron chi connectivity index (χ0n) is 13.9. The van der Waals surface area contributed by atoms with Gasteiger partial charge in [0.05, 0.1) is 0 Å². The summed E-state index contributed by atoms with van der Waals surface area (Å²) < 4.78 is 0. The van der Waals surface area contributed by atoms with Crippen LogP contribution in [0.15, 0.2) is 18.2 Å². The summed E-state index contributed by atoms with van der Waals surface area (Å²) in [5.74, 6) is 0.754. The van der Waals surface area contributed by atoms with Gasteiger partial charge in [0.25, 0.3) is 5.91 Å². The summed E-state index contributed by atoms with van der Waals surface area (Å²) in [6.07, 6.45) is 0.969. The standard InChI is InChI=1S/C16H28N4O/c1-6-20(12-8-11-19(4)5)16(21)14-9-7-10-15(18-14)17-13(2)3/h7,9-10,13H,6,8,11-12H2,1-5H3,(H,17,18). The summed E-state index contributed by atoms with van der Waals surface area (Å²) in [6.45, 7) is 8.55. The Morgan fingerprint density at radius 3 is 2.57 bits per heavy atom. The Bertz CT molecular complexity index is 446. The Morgan fingerprint density at radius 1 is 1.29 bits per heavy atom. The van der Waals surface area contributed by atoms with Crippen LogP contribution in [-0.2, 0) is 0 Å². The van der Waals surface area contributed by atoms with Gasteiger partial charge in [-0.1, -0.05) is 6.07 Å². The second-order valence-corrected chi connectivity index (χ2v) is 5.75. The molecule has 118 valence electrons. The molecule has 1 heterocycles. The third-order valence-electron chi connectivity index (χ3n) is 3.11. The number of amides is 1. The van der Waals surface area contributed by atoms with E-state index in [0.29, 0.717) is 18.3 Å². The van der Waals surface area contributed by atoms with Crippen LogP contribution in [0.1, 0.15) is 37.7 Å². The number of nitrogens with zero attached hydrogens (tertiary/aromatic N) is 3. The van der Waals surface area contributed by atoms with Crippen molar-refractivity contribution in [1.82, 2.24) is 14.8 Å². The van der Waals surface area contributed by atoms with Crippen molar-refractivity contribution in [3.8, 4) is 0 Å². The predicted octanol–water partition coefficient (Wildman–Crippen LogP) is 2.32. The molecule has 0 aliphatic heterocycles. The lowest BCUT2D eigenvalue weighted by molar-refractivity contribution is 0.0753. The van der Waals surface area contributed by atoms with Crippen LogP contribution in [0.2, 0.25) is 0 Å². The van der Waals surface area contributed by atoms with E-state index in [1.165, 1.54) is 0 Å². The van der Waals surface area contributed by atoms with Crippen LogP contribution < -0.4 is 5.32 Å². The van der Waals surface area contributed by atoms with E-state index in [-0.39, 0.29) is 5.91 Å². The molecule has 0 aliphatic carbocycles. The van der Waals surface area contributed by atoms with Gasteiger partial charge >= 0.3 is 0 Å². The van der Waals surface area contributed by atoms with Gasteiger partial charge in [-0.2, -0.15) is 0 Å². The molecule has 1 amide bonds. The molecule has 1 aromatic rings. The lowest BCUT2D eigenvalue weighted by Gasteiger charge is -2.22. The van der Waals surface area contributed by atoms with Gasteiger partial charge in [0, 0.05) is 19.1 Å². The molecule has 0 spiro atoms. The Morgan fingerprint density at radius 2 is 2.00 bits per heavy atom. The van der Waals surface area contributed by atoms with E-state index in [9.17, 15) is 4.79 Å². The van der Waals surface area contributed by atoms with Crippen molar-refractivity contribution in [2.75, 3.05) is 39.0 Å². The van der Waals surface area contributed by atoms with Crippen LogP contribution in [-0.4, -0.2) is 60.5 Å². The lowest BCUT2D eigenvalue weighted by atomic mass is 10.2. The largest absolute Gasteiger partial charge is 0.368 e. The number of hydrogen-bond acceptors (Lipinski definition) is 4. The van der Waals surface area contributed by atoms with Gasteiger partial charge in [-0.25, -0.2) is 4.98 Å². The van der Waals surface area contributed by atoms with E-state index >= 15 is 0 Å². The molecule has 21 heavy (non-hydrogen) atoms. The first-order chi connectivity index (χ1) is 9.93. The number of anilines is 1. The average molecular weight is 292 g/mol. The smallest absolute Gasteiger partial charge is 0.272 e. The highest BCUT2D eigenvalue weighted by Crippen LogP contribution is 2.09. The second kappa shape index (κ2) is 8.62. The fraction of sp³-hybridized carbons (Fsp3) is 0.625. The molecule has 1 N–H and O–H groups in total. The Kier molecular flexibility index (Phi) is 7.15. The summed E-state index contributed by atoms with van der Waals surface area (Å²) in [6, 6.07) is 5.84. The van der Waals surface area contributed by atoms with Gasteiger partial charge in [-0.3, -0.25) is 4.79 Å². The lowest BCUT2D eigenvalue weighted by Crippen LogP contribution is -2.33. The first-order valence-corrected chi connectivity index (χ1v) is 7.61. The van der Waals surface area contributed by atoms with Crippen molar-refractivity contribution in [3.05, 3.63) is 23.9 Å². The monoisotopic (exact) mass is 292 g/mol. The molecule has 0 unspecified atom stereocenters. The predicted molar refractivity (Wildman–Crippen MR) is 87.7 cm³/mol. The topological polar surface area (TPSA) is 48.5 Å². The number of pyridine rings is 1. The Balaban J connectivity index is 2.70. The number of carbonyl (C=O) groups excluding carboxylic acids is 1. The van der Waals surface area contributed by atoms with Crippen LogP contribution in [0, 0.1) is 0 Å². The summed E-state index contributed by atoms with van der Waals surface area (Å²) >= 11 is 0. The number of hydrogen-bond donors (Lipinski definition) is 1. The summed E-state index contributed by atoms with van der Waals surface area (Å²) in [4.78, 5) is 20.9. The van der Waals surface area contributed by atoms with Crippen molar-refractivity contribution < 1.29 is 4.79 Å². The highest BCUT2D eigenvalue weighted by atomic mass is 16.2. The fourth-order valence-corrected chi connectivity index (χ4v) is 2.07. The molecule has 1 aromatic heterocycles. The van der Waals surface area contributed by atoms with Crippen molar-refractivity contribution in [2.24, 2.45) is 0 Å². The molecule has 5 nitrogen and oxygen atoms in total. The summed E-state index contributed by atoms with van der Waals surface area (Å²) in [5, 5.41) is 3.23. The number of carbonyl (C=O) groups is 1. The quantitative estimate of drug-likeness (QED) is 0.799. The number of aromatic nitrogens is 1. The van der Waals surface area contributed by atoms with Crippen molar-refractivity contribution in [2.45, 2.75) is 33.2 Å². The molecule has 0 fully saturated rings.